The molecule has 0 saturated heterocycles. The zero-order chi connectivity index (χ0) is 16.5. The molecule has 0 fully saturated rings. The molecular formula is C19H41NS. The summed E-state index contributed by atoms with van der Waals surface area (Å²) in [6.45, 7) is 19.0. The second kappa shape index (κ2) is 10.9. The van der Waals surface area contributed by atoms with E-state index >= 15 is 0 Å². The lowest BCUT2D eigenvalue weighted by atomic mass is 9.99. The van der Waals surface area contributed by atoms with Crippen molar-refractivity contribution < 1.29 is 0 Å². The Bertz CT molecular complexity index is 254. The van der Waals surface area contributed by atoms with Crippen molar-refractivity contribution in [3.8, 4) is 0 Å². The quantitative estimate of drug-likeness (QED) is 0.360. The van der Waals surface area contributed by atoms with Gasteiger partial charge in [0.1, 0.15) is 0 Å². The Hall–Kier alpha value is 0.310. The monoisotopic (exact) mass is 315 g/mol. The van der Waals surface area contributed by atoms with Crippen LogP contribution in [0, 0.1) is 5.92 Å². The van der Waals surface area contributed by atoms with Crippen LogP contribution in [0.2, 0.25) is 0 Å². The highest BCUT2D eigenvalue weighted by Gasteiger charge is 2.33. The molecule has 0 spiro atoms. The zero-order valence-electron chi connectivity index (χ0n) is 16.0. The smallest absolute Gasteiger partial charge is 0.0276 e. The fraction of sp³-hybridized carbons (Fsp3) is 1.00. The minimum Gasteiger partial charge on any atom is -0.244 e. The maximum Gasteiger partial charge on any atom is 0.0276 e. The predicted octanol–water partition coefficient (Wildman–Crippen LogP) is 6.92. The van der Waals surface area contributed by atoms with Crippen molar-refractivity contribution in [3.63, 3.8) is 0 Å². The van der Waals surface area contributed by atoms with Gasteiger partial charge in [-0.15, -0.1) is 0 Å². The molecule has 0 aliphatic rings. The normalized spacial score (nSPS) is 18.0. The first-order valence-electron chi connectivity index (χ1n) is 9.36. The Kier molecular flexibility index (Phi) is 11.1. The van der Waals surface area contributed by atoms with Crippen LogP contribution in [0.5, 0.6) is 0 Å². The highest BCUT2D eigenvalue weighted by Crippen LogP contribution is 2.41. The molecule has 3 unspecified atom stereocenters. The van der Waals surface area contributed by atoms with E-state index in [1.54, 1.807) is 0 Å². The molecule has 0 aromatic rings. The average molecular weight is 316 g/mol. The SMILES string of the molecule is CCCC(CC)N(SC(C)(CC)CCC)C(CC)C(C)C. The molecule has 0 saturated carbocycles. The number of nitrogens with zero attached hydrogens (tertiary/aromatic N) is 1. The van der Waals surface area contributed by atoms with Crippen molar-refractivity contribution >= 4 is 11.9 Å². The molecule has 0 aromatic heterocycles. The first-order chi connectivity index (χ1) is 9.88. The van der Waals surface area contributed by atoms with E-state index in [0.29, 0.717) is 10.8 Å². The molecule has 0 aliphatic heterocycles. The first-order valence-corrected chi connectivity index (χ1v) is 10.1. The van der Waals surface area contributed by atoms with E-state index in [2.05, 4.69) is 71.6 Å². The molecule has 0 radical (unpaired) electrons. The van der Waals surface area contributed by atoms with Crippen molar-refractivity contribution in [1.29, 1.82) is 0 Å². The molecule has 0 rings (SSSR count). The lowest BCUT2D eigenvalue weighted by Gasteiger charge is -2.44. The first kappa shape index (κ1) is 21.3. The van der Waals surface area contributed by atoms with Gasteiger partial charge in [0.15, 0.2) is 0 Å². The third-order valence-corrected chi connectivity index (χ3v) is 6.53. The lowest BCUT2D eigenvalue weighted by Crippen LogP contribution is -2.44. The molecule has 3 atom stereocenters. The van der Waals surface area contributed by atoms with Crippen molar-refractivity contribution in [3.05, 3.63) is 0 Å². The summed E-state index contributed by atoms with van der Waals surface area (Å²) in [6, 6.07) is 1.43. The molecule has 0 amide bonds. The molecule has 21 heavy (non-hydrogen) atoms. The molecule has 0 N–H and O–H groups in total. The highest BCUT2D eigenvalue weighted by molar-refractivity contribution is 7.98. The fourth-order valence-corrected chi connectivity index (χ4v) is 5.14. The van der Waals surface area contributed by atoms with Gasteiger partial charge in [0.25, 0.3) is 0 Å². The van der Waals surface area contributed by atoms with Crippen LogP contribution in [-0.2, 0) is 0 Å². The number of rotatable bonds is 12. The fourth-order valence-electron chi connectivity index (χ4n) is 3.27. The van der Waals surface area contributed by atoms with Crippen LogP contribution in [0.3, 0.4) is 0 Å². The van der Waals surface area contributed by atoms with Crippen molar-refractivity contribution in [1.82, 2.24) is 4.31 Å². The topological polar surface area (TPSA) is 3.24 Å². The predicted molar refractivity (Wildman–Crippen MR) is 101 cm³/mol. The van der Waals surface area contributed by atoms with Gasteiger partial charge in [-0.3, -0.25) is 0 Å². The summed E-state index contributed by atoms with van der Waals surface area (Å²) in [5.74, 6) is 0.733. The Morgan fingerprint density at radius 1 is 0.952 bits per heavy atom. The van der Waals surface area contributed by atoms with Crippen LogP contribution in [0.15, 0.2) is 0 Å². The Morgan fingerprint density at radius 2 is 1.57 bits per heavy atom. The van der Waals surface area contributed by atoms with Crippen LogP contribution in [0.25, 0.3) is 0 Å². The van der Waals surface area contributed by atoms with E-state index in [0.717, 1.165) is 12.0 Å². The molecule has 0 bridgehead atoms. The Balaban J connectivity index is 5.27. The number of hydrogen-bond donors (Lipinski definition) is 0. The Morgan fingerprint density at radius 3 is 1.90 bits per heavy atom. The second-order valence-electron chi connectivity index (χ2n) is 7.07. The van der Waals surface area contributed by atoms with Crippen LogP contribution < -0.4 is 0 Å². The van der Waals surface area contributed by atoms with Crippen molar-refractivity contribution in [2.75, 3.05) is 0 Å². The van der Waals surface area contributed by atoms with E-state index in [9.17, 15) is 0 Å². The third kappa shape index (κ3) is 6.95. The minimum atomic E-state index is 0.401. The van der Waals surface area contributed by atoms with Gasteiger partial charge in [-0.2, -0.15) is 0 Å². The van der Waals surface area contributed by atoms with Gasteiger partial charge < -0.3 is 0 Å². The molecule has 1 nitrogen and oxygen atoms in total. The maximum atomic E-state index is 2.81. The minimum absolute atomic E-state index is 0.401. The van der Waals surface area contributed by atoms with Gasteiger partial charge in [0.05, 0.1) is 0 Å². The highest BCUT2D eigenvalue weighted by atomic mass is 32.2. The zero-order valence-corrected chi connectivity index (χ0v) is 16.9. The average Bonchev–Trinajstić information content (AvgIpc) is 2.44. The molecule has 2 heteroatoms. The molecule has 0 aromatic carbocycles. The van der Waals surface area contributed by atoms with Gasteiger partial charge in [0, 0.05) is 16.8 Å². The molecule has 128 valence electrons. The van der Waals surface area contributed by atoms with Gasteiger partial charge in [-0.05, 0) is 44.9 Å². The summed E-state index contributed by atoms with van der Waals surface area (Å²) in [4.78, 5) is 0. The summed E-state index contributed by atoms with van der Waals surface area (Å²) in [5, 5.41) is 0. The number of hydrogen-bond acceptors (Lipinski definition) is 2. The van der Waals surface area contributed by atoms with Crippen LogP contribution in [0.1, 0.15) is 100 Å². The molecular weight excluding hydrogens is 274 g/mol. The Labute approximate surface area is 139 Å². The third-order valence-electron chi connectivity index (χ3n) is 4.82. The maximum absolute atomic E-state index is 2.81. The van der Waals surface area contributed by atoms with Gasteiger partial charge in [-0.25, -0.2) is 4.31 Å². The standard InChI is InChI=1S/C19H41NS/c1-9-14-17(11-3)20(18(12-4)16(6)7)21-19(8,13-5)15-10-2/h16-18H,9-15H2,1-8H3. The van der Waals surface area contributed by atoms with E-state index in [-0.39, 0.29) is 0 Å². The lowest BCUT2D eigenvalue weighted by molar-refractivity contribution is 0.199. The summed E-state index contributed by atoms with van der Waals surface area (Å²) in [7, 11) is 0. The van der Waals surface area contributed by atoms with E-state index < -0.39 is 0 Å². The van der Waals surface area contributed by atoms with Crippen molar-refractivity contribution in [2.24, 2.45) is 5.92 Å². The summed E-state index contributed by atoms with van der Waals surface area (Å²) in [6.07, 6.45) is 9.03. The van der Waals surface area contributed by atoms with Gasteiger partial charge >= 0.3 is 0 Å². The van der Waals surface area contributed by atoms with Crippen LogP contribution in [0.4, 0.5) is 0 Å². The van der Waals surface area contributed by atoms with E-state index in [1.165, 1.54) is 44.9 Å². The largest absolute Gasteiger partial charge is 0.244 e. The van der Waals surface area contributed by atoms with Gasteiger partial charge in [0.2, 0.25) is 0 Å². The second-order valence-corrected chi connectivity index (χ2v) is 8.66. The van der Waals surface area contributed by atoms with E-state index in [1.807, 2.05) is 0 Å². The summed E-state index contributed by atoms with van der Waals surface area (Å²) < 4.78 is 3.21. The van der Waals surface area contributed by atoms with Crippen LogP contribution >= 0.6 is 11.9 Å². The molecule has 0 heterocycles. The molecule has 0 aliphatic carbocycles. The van der Waals surface area contributed by atoms with Crippen molar-refractivity contribution in [2.45, 2.75) is 117 Å². The van der Waals surface area contributed by atoms with Gasteiger partial charge in [-0.1, -0.05) is 73.3 Å². The summed E-state index contributed by atoms with van der Waals surface area (Å²) in [5.41, 5.74) is 0. The summed E-state index contributed by atoms with van der Waals surface area (Å²) >= 11 is 2.18. The van der Waals surface area contributed by atoms with Crippen LogP contribution in [-0.4, -0.2) is 21.1 Å². The van der Waals surface area contributed by atoms with E-state index in [4.69, 9.17) is 0 Å².